The highest BCUT2D eigenvalue weighted by Gasteiger charge is 2.23. The van der Waals surface area contributed by atoms with Crippen molar-refractivity contribution in [2.45, 2.75) is 32.8 Å². The first-order valence-electron chi connectivity index (χ1n) is 9.46. The number of hydrogen-bond donors (Lipinski definition) is 0. The number of aryl methyl sites for hydroxylation is 1. The van der Waals surface area contributed by atoms with Crippen molar-refractivity contribution in [3.63, 3.8) is 0 Å². The Bertz CT molecular complexity index is 918. The van der Waals surface area contributed by atoms with Gasteiger partial charge in [-0.15, -0.1) is 22.7 Å². The van der Waals surface area contributed by atoms with Crippen LogP contribution in [0, 0.1) is 12.8 Å². The topological polar surface area (TPSA) is 64.5 Å². The maximum atomic E-state index is 12.2. The molecule has 1 aliphatic heterocycles. The molecule has 0 saturated carbocycles. The zero-order valence-electron chi connectivity index (χ0n) is 15.8. The van der Waals surface area contributed by atoms with E-state index in [1.54, 1.807) is 27.9 Å². The van der Waals surface area contributed by atoms with Gasteiger partial charge in [-0.2, -0.15) is 0 Å². The lowest BCUT2D eigenvalue weighted by atomic mass is 9.94. The third-order valence-electron chi connectivity index (χ3n) is 4.95. The number of nitrogens with zero attached hydrogens (tertiary/aromatic N) is 3. The highest BCUT2D eigenvalue weighted by atomic mass is 32.1. The van der Waals surface area contributed by atoms with Gasteiger partial charge >= 0.3 is 6.09 Å². The minimum absolute atomic E-state index is 0.227. The maximum absolute atomic E-state index is 12.2. The Hall–Kier alpha value is -2.19. The molecule has 0 aliphatic carbocycles. The van der Waals surface area contributed by atoms with Gasteiger partial charge < -0.3 is 14.4 Å². The zero-order chi connectivity index (χ0) is 19.3. The number of carbonyl (C=O) groups is 1. The molecule has 8 heteroatoms. The van der Waals surface area contributed by atoms with Gasteiger partial charge in [-0.05, 0) is 44.2 Å². The first kappa shape index (κ1) is 19.1. The number of fused-ring (bicyclic) bond motifs is 1. The molecular weight excluding hydrogens is 394 g/mol. The fraction of sp³-hybridized carbons (Fsp3) is 0.450. The molecule has 3 heterocycles. The first-order valence-corrected chi connectivity index (χ1v) is 11.2. The van der Waals surface area contributed by atoms with E-state index in [1.807, 2.05) is 19.1 Å². The van der Waals surface area contributed by atoms with E-state index in [0.29, 0.717) is 19.1 Å². The molecule has 3 aromatic rings. The highest BCUT2D eigenvalue weighted by molar-refractivity contribution is 7.18. The van der Waals surface area contributed by atoms with Crippen molar-refractivity contribution < 1.29 is 14.3 Å². The number of ether oxygens (including phenoxy) is 2. The van der Waals surface area contributed by atoms with E-state index in [2.05, 4.69) is 16.0 Å². The minimum Gasteiger partial charge on any atom is -0.494 e. The quantitative estimate of drug-likeness (QED) is 0.572. The Kier molecular flexibility index (Phi) is 6.07. The molecule has 4 rings (SSSR count). The summed E-state index contributed by atoms with van der Waals surface area (Å²) in [5.74, 6) is 1.46. The van der Waals surface area contributed by atoms with Crippen LogP contribution in [0.2, 0.25) is 0 Å². The van der Waals surface area contributed by atoms with Gasteiger partial charge in [-0.3, -0.25) is 4.98 Å². The average molecular weight is 418 g/mol. The summed E-state index contributed by atoms with van der Waals surface area (Å²) in [6, 6.07) is 6.11. The van der Waals surface area contributed by atoms with Crippen molar-refractivity contribution in [3.8, 4) is 5.75 Å². The number of piperidine rings is 1. The molecule has 148 valence electrons. The smallest absolute Gasteiger partial charge is 0.410 e. The van der Waals surface area contributed by atoms with E-state index in [1.165, 1.54) is 16.0 Å². The Morgan fingerprint density at radius 3 is 2.96 bits per heavy atom. The van der Waals surface area contributed by atoms with Gasteiger partial charge in [-0.25, -0.2) is 9.78 Å². The van der Waals surface area contributed by atoms with Gasteiger partial charge in [0.2, 0.25) is 0 Å². The molecule has 0 bridgehead atoms. The van der Waals surface area contributed by atoms with Crippen LogP contribution in [0.25, 0.3) is 10.2 Å². The van der Waals surface area contributed by atoms with Crippen molar-refractivity contribution in [3.05, 3.63) is 39.8 Å². The van der Waals surface area contributed by atoms with Gasteiger partial charge in [0, 0.05) is 25.4 Å². The lowest BCUT2D eigenvalue weighted by Crippen LogP contribution is -2.39. The number of thiazole rings is 2. The SMILES string of the molecule is Cc1nc2cc(OCCC3CCN(C(=O)OCc4cncs4)CC3)ccc2s1. The van der Waals surface area contributed by atoms with Crippen molar-refractivity contribution in [2.75, 3.05) is 19.7 Å². The number of rotatable bonds is 6. The molecule has 1 aromatic carbocycles. The van der Waals surface area contributed by atoms with Crippen LogP contribution in [-0.2, 0) is 11.3 Å². The largest absolute Gasteiger partial charge is 0.494 e. The predicted molar refractivity (Wildman–Crippen MR) is 111 cm³/mol. The molecule has 1 fully saturated rings. The zero-order valence-corrected chi connectivity index (χ0v) is 17.4. The Morgan fingerprint density at radius 1 is 1.32 bits per heavy atom. The van der Waals surface area contributed by atoms with E-state index in [0.717, 1.165) is 53.5 Å². The second-order valence-electron chi connectivity index (χ2n) is 6.95. The monoisotopic (exact) mass is 417 g/mol. The summed E-state index contributed by atoms with van der Waals surface area (Å²) in [5, 5.41) is 1.07. The molecule has 0 radical (unpaired) electrons. The summed E-state index contributed by atoms with van der Waals surface area (Å²) in [4.78, 5) is 23.4. The minimum atomic E-state index is -0.227. The fourth-order valence-corrected chi connectivity index (χ4v) is 4.71. The number of benzene rings is 1. The van der Waals surface area contributed by atoms with E-state index in [4.69, 9.17) is 9.47 Å². The van der Waals surface area contributed by atoms with Crippen molar-refractivity contribution in [1.82, 2.24) is 14.9 Å². The number of aromatic nitrogens is 2. The van der Waals surface area contributed by atoms with Gasteiger partial charge in [0.15, 0.2) is 0 Å². The molecule has 1 amide bonds. The van der Waals surface area contributed by atoms with Crippen molar-refractivity contribution >= 4 is 39.0 Å². The second kappa shape index (κ2) is 8.87. The average Bonchev–Trinajstić information content (AvgIpc) is 3.35. The van der Waals surface area contributed by atoms with Crippen LogP contribution in [-0.4, -0.2) is 40.7 Å². The summed E-state index contributed by atoms with van der Waals surface area (Å²) in [5.41, 5.74) is 2.75. The van der Waals surface area contributed by atoms with E-state index in [9.17, 15) is 4.79 Å². The molecule has 28 heavy (non-hydrogen) atoms. The Balaban J connectivity index is 1.17. The molecular formula is C20H23N3O3S2. The van der Waals surface area contributed by atoms with Crippen LogP contribution in [0.15, 0.2) is 29.9 Å². The molecule has 1 aliphatic rings. The standard InChI is InChI=1S/C20H23N3O3S2/c1-14-22-18-10-16(2-3-19(18)28-14)25-9-6-15-4-7-23(8-5-15)20(24)26-12-17-11-21-13-27-17/h2-3,10-11,13,15H,4-9,12H2,1H3. The number of likely N-dealkylation sites (tertiary alicyclic amines) is 1. The molecule has 0 spiro atoms. The number of amides is 1. The molecule has 0 atom stereocenters. The fourth-order valence-electron chi connectivity index (χ4n) is 3.40. The predicted octanol–water partition coefficient (Wildman–Crippen LogP) is 4.88. The molecule has 0 N–H and O–H groups in total. The van der Waals surface area contributed by atoms with Crippen LogP contribution in [0.5, 0.6) is 5.75 Å². The van der Waals surface area contributed by atoms with Crippen LogP contribution in [0.3, 0.4) is 0 Å². The first-order chi connectivity index (χ1) is 13.7. The van der Waals surface area contributed by atoms with Gasteiger partial charge in [0.1, 0.15) is 12.4 Å². The Labute approximate surface area is 172 Å². The van der Waals surface area contributed by atoms with Gasteiger partial charge in [-0.1, -0.05) is 0 Å². The normalized spacial score (nSPS) is 15.1. The van der Waals surface area contributed by atoms with Crippen molar-refractivity contribution in [2.24, 2.45) is 5.92 Å². The maximum Gasteiger partial charge on any atom is 0.410 e. The van der Waals surface area contributed by atoms with E-state index >= 15 is 0 Å². The van der Waals surface area contributed by atoms with E-state index < -0.39 is 0 Å². The van der Waals surface area contributed by atoms with Crippen LogP contribution < -0.4 is 4.74 Å². The summed E-state index contributed by atoms with van der Waals surface area (Å²) >= 11 is 3.20. The Morgan fingerprint density at radius 2 is 2.18 bits per heavy atom. The van der Waals surface area contributed by atoms with E-state index in [-0.39, 0.29) is 6.09 Å². The number of hydrogen-bond acceptors (Lipinski definition) is 7. The third kappa shape index (κ3) is 4.80. The summed E-state index contributed by atoms with van der Waals surface area (Å²) in [7, 11) is 0. The molecule has 0 unspecified atom stereocenters. The van der Waals surface area contributed by atoms with Crippen LogP contribution >= 0.6 is 22.7 Å². The highest BCUT2D eigenvalue weighted by Crippen LogP contribution is 2.26. The van der Waals surface area contributed by atoms with Gasteiger partial charge in [0.05, 0.1) is 32.2 Å². The molecule has 1 saturated heterocycles. The van der Waals surface area contributed by atoms with Crippen molar-refractivity contribution in [1.29, 1.82) is 0 Å². The van der Waals surface area contributed by atoms with Crippen LogP contribution in [0.1, 0.15) is 29.1 Å². The summed E-state index contributed by atoms with van der Waals surface area (Å²) < 4.78 is 12.5. The lowest BCUT2D eigenvalue weighted by Gasteiger charge is -2.31. The molecule has 2 aromatic heterocycles. The van der Waals surface area contributed by atoms with Gasteiger partial charge in [0.25, 0.3) is 0 Å². The summed E-state index contributed by atoms with van der Waals surface area (Å²) in [6.45, 7) is 4.51. The lowest BCUT2D eigenvalue weighted by molar-refractivity contribution is 0.0807. The van der Waals surface area contributed by atoms with Crippen LogP contribution in [0.4, 0.5) is 4.79 Å². The third-order valence-corrected chi connectivity index (χ3v) is 6.66. The summed E-state index contributed by atoms with van der Waals surface area (Å²) in [6.07, 6.45) is 4.48. The molecule has 6 nitrogen and oxygen atoms in total. The number of carbonyl (C=O) groups excluding carboxylic acids is 1. The second-order valence-corrected chi connectivity index (χ2v) is 9.16.